The van der Waals surface area contributed by atoms with Crippen molar-refractivity contribution < 1.29 is 14.6 Å². The minimum absolute atomic E-state index is 0.226. The number of hydrogen-bond acceptors (Lipinski definition) is 4. The van der Waals surface area contributed by atoms with E-state index in [2.05, 4.69) is 36.6 Å². The molecule has 0 saturated heterocycles. The van der Waals surface area contributed by atoms with Gasteiger partial charge in [0, 0.05) is 26.2 Å². The predicted molar refractivity (Wildman–Crippen MR) is 117 cm³/mol. The van der Waals surface area contributed by atoms with Gasteiger partial charge in [0.25, 0.3) is 0 Å². The lowest BCUT2D eigenvalue weighted by Crippen LogP contribution is -2.38. The van der Waals surface area contributed by atoms with Gasteiger partial charge in [-0.05, 0) is 63.6 Å². The summed E-state index contributed by atoms with van der Waals surface area (Å²) >= 11 is 0. The molecular formula is C22H39N3O3. The fraction of sp³-hybridized carbons (Fsp3) is 0.682. The van der Waals surface area contributed by atoms with Crippen LogP contribution in [0.5, 0.6) is 11.5 Å². The van der Waals surface area contributed by atoms with Crippen molar-refractivity contribution in [2.24, 2.45) is 10.9 Å². The second kappa shape index (κ2) is 15.0. The van der Waals surface area contributed by atoms with E-state index in [4.69, 9.17) is 14.5 Å². The van der Waals surface area contributed by atoms with Gasteiger partial charge in [-0.25, -0.2) is 0 Å². The molecular weight excluding hydrogens is 354 g/mol. The third-order valence-corrected chi connectivity index (χ3v) is 4.40. The average molecular weight is 394 g/mol. The second-order valence-electron chi connectivity index (χ2n) is 6.71. The highest BCUT2D eigenvalue weighted by Gasteiger charge is 2.08. The largest absolute Gasteiger partial charge is 0.490 e. The topological polar surface area (TPSA) is 75.1 Å². The van der Waals surface area contributed by atoms with Crippen LogP contribution in [0.1, 0.15) is 52.5 Å². The van der Waals surface area contributed by atoms with Gasteiger partial charge in [0.1, 0.15) is 0 Å². The summed E-state index contributed by atoms with van der Waals surface area (Å²) in [5.41, 5.74) is 1.19. The predicted octanol–water partition coefficient (Wildman–Crippen LogP) is 3.38. The van der Waals surface area contributed by atoms with Crippen LogP contribution in [0.25, 0.3) is 0 Å². The van der Waals surface area contributed by atoms with E-state index < -0.39 is 0 Å². The number of nitrogens with zero attached hydrogens (tertiary/aromatic N) is 1. The summed E-state index contributed by atoms with van der Waals surface area (Å²) in [7, 11) is 0. The van der Waals surface area contributed by atoms with Crippen LogP contribution in [0.2, 0.25) is 0 Å². The van der Waals surface area contributed by atoms with E-state index in [1.165, 1.54) is 5.56 Å². The summed E-state index contributed by atoms with van der Waals surface area (Å²) in [5.74, 6) is 2.86. The van der Waals surface area contributed by atoms with E-state index in [9.17, 15) is 5.11 Å². The Labute approximate surface area is 170 Å². The molecule has 0 aliphatic heterocycles. The molecule has 0 amide bonds. The molecule has 3 N–H and O–H groups in total. The number of rotatable bonds is 14. The number of guanidine groups is 1. The quantitative estimate of drug-likeness (QED) is 0.334. The minimum Gasteiger partial charge on any atom is -0.490 e. The van der Waals surface area contributed by atoms with Gasteiger partial charge >= 0.3 is 0 Å². The Morgan fingerprint density at radius 1 is 1.04 bits per heavy atom. The van der Waals surface area contributed by atoms with E-state index >= 15 is 0 Å². The first-order chi connectivity index (χ1) is 13.7. The molecule has 0 aliphatic rings. The number of ether oxygens (including phenoxy) is 2. The van der Waals surface area contributed by atoms with Gasteiger partial charge in [-0.2, -0.15) is 0 Å². The van der Waals surface area contributed by atoms with Crippen molar-refractivity contribution in [2.75, 3.05) is 39.5 Å². The Kier molecular flexibility index (Phi) is 12.9. The maximum absolute atomic E-state index is 9.21. The Morgan fingerprint density at radius 2 is 1.79 bits per heavy atom. The van der Waals surface area contributed by atoms with Crippen LogP contribution in [-0.2, 0) is 6.42 Å². The highest BCUT2D eigenvalue weighted by atomic mass is 16.5. The molecule has 0 radical (unpaired) electrons. The first-order valence-corrected chi connectivity index (χ1v) is 10.7. The second-order valence-corrected chi connectivity index (χ2v) is 6.71. The number of aliphatic imine (C=N–C) groups is 1. The molecule has 1 atom stereocenters. The van der Waals surface area contributed by atoms with Crippen molar-refractivity contribution >= 4 is 5.96 Å². The molecule has 28 heavy (non-hydrogen) atoms. The molecule has 0 saturated carbocycles. The first-order valence-electron chi connectivity index (χ1n) is 10.7. The van der Waals surface area contributed by atoms with Gasteiger partial charge in [-0.15, -0.1) is 0 Å². The smallest absolute Gasteiger partial charge is 0.191 e. The molecule has 6 nitrogen and oxygen atoms in total. The molecule has 1 rings (SSSR count). The van der Waals surface area contributed by atoms with Crippen LogP contribution in [0, 0.1) is 5.92 Å². The molecule has 0 aromatic heterocycles. The zero-order valence-electron chi connectivity index (χ0n) is 18.1. The van der Waals surface area contributed by atoms with Gasteiger partial charge in [0.05, 0.1) is 13.2 Å². The van der Waals surface area contributed by atoms with Gasteiger partial charge in [0.2, 0.25) is 0 Å². The van der Waals surface area contributed by atoms with Gasteiger partial charge in [-0.3, -0.25) is 4.99 Å². The molecule has 0 aliphatic carbocycles. The van der Waals surface area contributed by atoms with Crippen LogP contribution in [-0.4, -0.2) is 50.5 Å². The third-order valence-electron chi connectivity index (χ3n) is 4.40. The lowest BCUT2D eigenvalue weighted by molar-refractivity contribution is 0.253. The standard InChI is InChI=1S/C22H39N3O3/c1-5-9-19(13-15-26)17-25-22(23-6-2)24-14-12-18-10-11-20(27-7-3)21(16-18)28-8-4/h10-11,16,19,26H,5-9,12-15,17H2,1-4H3,(H2,23,24,25). The summed E-state index contributed by atoms with van der Waals surface area (Å²) in [6.45, 7) is 12.0. The molecule has 160 valence electrons. The number of aliphatic hydroxyl groups excluding tert-OH is 1. The Morgan fingerprint density at radius 3 is 2.43 bits per heavy atom. The Balaban J connectivity index is 2.63. The number of nitrogens with one attached hydrogen (secondary N) is 2. The third kappa shape index (κ3) is 9.31. The van der Waals surface area contributed by atoms with Gasteiger partial charge in [0.15, 0.2) is 17.5 Å². The molecule has 1 unspecified atom stereocenters. The molecule has 1 aromatic rings. The fourth-order valence-corrected chi connectivity index (χ4v) is 3.06. The zero-order chi connectivity index (χ0) is 20.6. The van der Waals surface area contributed by atoms with E-state index in [1.807, 2.05) is 19.9 Å². The van der Waals surface area contributed by atoms with E-state index in [1.54, 1.807) is 0 Å². The van der Waals surface area contributed by atoms with E-state index in [-0.39, 0.29) is 6.61 Å². The highest BCUT2D eigenvalue weighted by molar-refractivity contribution is 5.79. The molecule has 1 aromatic carbocycles. The van der Waals surface area contributed by atoms with Crippen molar-refractivity contribution in [3.05, 3.63) is 23.8 Å². The highest BCUT2D eigenvalue weighted by Crippen LogP contribution is 2.28. The Bertz CT molecular complexity index is 558. The number of hydrogen-bond donors (Lipinski definition) is 3. The summed E-state index contributed by atoms with van der Waals surface area (Å²) in [6.07, 6.45) is 3.88. The number of aliphatic hydroxyl groups is 1. The van der Waals surface area contributed by atoms with E-state index in [0.717, 1.165) is 62.8 Å². The lowest BCUT2D eigenvalue weighted by Gasteiger charge is -2.16. The van der Waals surface area contributed by atoms with Crippen LogP contribution in [0.15, 0.2) is 23.2 Å². The molecule has 6 heteroatoms. The van der Waals surface area contributed by atoms with E-state index in [0.29, 0.717) is 19.1 Å². The van der Waals surface area contributed by atoms with Crippen molar-refractivity contribution in [3.63, 3.8) is 0 Å². The fourth-order valence-electron chi connectivity index (χ4n) is 3.06. The molecule has 0 spiro atoms. The van der Waals surface area contributed by atoms with Crippen molar-refractivity contribution in [3.8, 4) is 11.5 Å². The zero-order valence-corrected chi connectivity index (χ0v) is 18.1. The van der Waals surface area contributed by atoms with Gasteiger partial charge in [-0.1, -0.05) is 19.4 Å². The number of benzene rings is 1. The molecule has 0 bridgehead atoms. The van der Waals surface area contributed by atoms with Crippen molar-refractivity contribution in [1.82, 2.24) is 10.6 Å². The average Bonchev–Trinajstić information content (AvgIpc) is 2.68. The molecule has 0 fully saturated rings. The monoisotopic (exact) mass is 393 g/mol. The maximum Gasteiger partial charge on any atom is 0.191 e. The normalized spacial score (nSPS) is 12.5. The SMILES string of the molecule is CCCC(CCO)CN=C(NCC)NCCc1ccc(OCC)c(OCC)c1. The van der Waals surface area contributed by atoms with Crippen molar-refractivity contribution in [1.29, 1.82) is 0 Å². The van der Waals surface area contributed by atoms with Gasteiger partial charge < -0.3 is 25.2 Å². The minimum atomic E-state index is 0.226. The van der Waals surface area contributed by atoms with Crippen molar-refractivity contribution in [2.45, 2.75) is 53.4 Å². The summed E-state index contributed by atoms with van der Waals surface area (Å²) < 4.78 is 11.3. The maximum atomic E-state index is 9.21. The van der Waals surface area contributed by atoms with Crippen LogP contribution < -0.4 is 20.1 Å². The summed E-state index contributed by atoms with van der Waals surface area (Å²) in [4.78, 5) is 4.71. The summed E-state index contributed by atoms with van der Waals surface area (Å²) in [6, 6.07) is 6.11. The molecule has 0 heterocycles. The van der Waals surface area contributed by atoms with Crippen LogP contribution in [0.3, 0.4) is 0 Å². The summed E-state index contributed by atoms with van der Waals surface area (Å²) in [5, 5.41) is 15.9. The van der Waals surface area contributed by atoms with Crippen LogP contribution in [0.4, 0.5) is 0 Å². The Hall–Kier alpha value is -1.95. The van der Waals surface area contributed by atoms with Crippen LogP contribution >= 0.6 is 0 Å². The first kappa shape index (κ1) is 24.1. The lowest BCUT2D eigenvalue weighted by atomic mass is 10.0.